The molecule has 1 N–H and O–H groups in total. The molecule has 6 nitrogen and oxygen atoms in total. The third-order valence-electron chi connectivity index (χ3n) is 3.74. The molecule has 0 amide bonds. The average molecular weight is 307 g/mol. The number of methoxy groups -OCH3 is 1. The van der Waals surface area contributed by atoms with Gasteiger partial charge in [0.15, 0.2) is 10.8 Å². The number of aromatic nitrogens is 2. The van der Waals surface area contributed by atoms with Crippen LogP contribution in [-0.4, -0.2) is 46.8 Å². The Morgan fingerprint density at radius 3 is 2.95 bits per heavy atom. The second kappa shape index (κ2) is 5.87. The molecule has 0 spiro atoms. The molecule has 0 atom stereocenters. The topological polar surface area (TPSA) is 67.1 Å². The van der Waals surface area contributed by atoms with Gasteiger partial charge >= 0.3 is 5.97 Å². The molecule has 1 aliphatic heterocycles. The first-order valence-electron chi connectivity index (χ1n) is 6.83. The normalized spacial score (nSPS) is 17.1. The largest absolute Gasteiger partial charge is 0.478 e. The Bertz CT molecular complexity index is 668. The van der Waals surface area contributed by atoms with E-state index in [1.807, 2.05) is 16.0 Å². The van der Waals surface area contributed by atoms with E-state index in [4.69, 9.17) is 9.84 Å². The molecule has 0 radical (unpaired) electrons. The minimum atomic E-state index is -0.954. The Kier molecular flexibility index (Phi) is 3.94. The van der Waals surface area contributed by atoms with Gasteiger partial charge in [-0.25, -0.2) is 9.78 Å². The maximum Gasteiger partial charge on any atom is 0.328 e. The van der Waals surface area contributed by atoms with Crippen LogP contribution in [0.2, 0.25) is 0 Å². The number of ether oxygens (including phenoxy) is 1. The third-order valence-corrected chi connectivity index (χ3v) is 4.49. The molecule has 1 saturated heterocycles. The van der Waals surface area contributed by atoms with Crippen molar-refractivity contribution in [3.05, 3.63) is 23.3 Å². The number of anilines is 1. The monoisotopic (exact) mass is 307 g/mol. The number of carboxylic acids is 1. The average Bonchev–Trinajstić information content (AvgIpc) is 3.06. The van der Waals surface area contributed by atoms with Gasteiger partial charge in [0.1, 0.15) is 0 Å². The number of rotatable bonds is 4. The molecule has 0 unspecified atom stereocenters. The van der Waals surface area contributed by atoms with Crippen LogP contribution in [0.4, 0.5) is 5.82 Å². The van der Waals surface area contributed by atoms with Crippen molar-refractivity contribution in [3.63, 3.8) is 0 Å². The van der Waals surface area contributed by atoms with E-state index >= 15 is 0 Å². The van der Waals surface area contributed by atoms with Crippen molar-refractivity contribution in [3.8, 4) is 0 Å². The van der Waals surface area contributed by atoms with Gasteiger partial charge in [0, 0.05) is 37.9 Å². The smallest absolute Gasteiger partial charge is 0.328 e. The molecule has 0 aromatic carbocycles. The molecule has 2 aromatic rings. The number of carbonyl (C=O) groups is 1. The molecule has 0 bridgehead atoms. The lowest BCUT2D eigenvalue weighted by molar-refractivity contribution is -0.131. The van der Waals surface area contributed by atoms with Gasteiger partial charge in [0.05, 0.1) is 11.8 Å². The Morgan fingerprint density at radius 1 is 1.52 bits per heavy atom. The van der Waals surface area contributed by atoms with Crippen LogP contribution in [0.25, 0.3) is 11.0 Å². The molecule has 7 heteroatoms. The van der Waals surface area contributed by atoms with Crippen LogP contribution >= 0.6 is 11.3 Å². The number of aliphatic carboxylic acids is 1. The predicted molar refractivity (Wildman–Crippen MR) is 82.0 cm³/mol. The summed E-state index contributed by atoms with van der Waals surface area (Å²) in [7, 11) is 1.74. The molecular formula is C14H17N3O3S. The van der Waals surface area contributed by atoms with Crippen LogP contribution in [0.5, 0.6) is 0 Å². The Morgan fingerprint density at radius 2 is 2.29 bits per heavy atom. The Labute approximate surface area is 126 Å². The molecule has 21 heavy (non-hydrogen) atoms. The quantitative estimate of drug-likeness (QED) is 0.876. The number of nitrogens with zero attached hydrogens (tertiary/aromatic N) is 3. The van der Waals surface area contributed by atoms with E-state index in [1.165, 1.54) is 0 Å². The first kappa shape index (κ1) is 14.1. The fourth-order valence-electron chi connectivity index (χ4n) is 2.63. The third kappa shape index (κ3) is 2.79. The van der Waals surface area contributed by atoms with E-state index in [0.29, 0.717) is 6.10 Å². The fraction of sp³-hybridized carbons (Fsp3) is 0.429. The van der Waals surface area contributed by atoms with Crippen molar-refractivity contribution in [2.45, 2.75) is 18.9 Å². The van der Waals surface area contributed by atoms with Crippen LogP contribution in [0.3, 0.4) is 0 Å². The van der Waals surface area contributed by atoms with Crippen molar-refractivity contribution in [2.24, 2.45) is 0 Å². The van der Waals surface area contributed by atoms with E-state index < -0.39 is 5.97 Å². The molecule has 0 saturated carbocycles. The number of thiazole rings is 1. The van der Waals surface area contributed by atoms with Gasteiger partial charge in [-0.05, 0) is 18.9 Å². The summed E-state index contributed by atoms with van der Waals surface area (Å²) in [5.41, 5.74) is 0.824. The number of carboxylic acid groups (broad SMARTS) is 1. The summed E-state index contributed by atoms with van der Waals surface area (Å²) < 4.78 is 7.32. The Hall–Kier alpha value is -1.86. The van der Waals surface area contributed by atoms with E-state index in [2.05, 4.69) is 9.88 Å². The summed E-state index contributed by atoms with van der Waals surface area (Å²) in [6.45, 7) is 1.74. The van der Waals surface area contributed by atoms with Gasteiger partial charge in [0.2, 0.25) is 0 Å². The summed E-state index contributed by atoms with van der Waals surface area (Å²) in [5, 5.41) is 10.8. The van der Waals surface area contributed by atoms with E-state index in [1.54, 1.807) is 24.5 Å². The minimum absolute atomic E-state index is 0.308. The van der Waals surface area contributed by atoms with Gasteiger partial charge in [-0.3, -0.25) is 4.40 Å². The molecule has 1 fully saturated rings. The highest BCUT2D eigenvalue weighted by atomic mass is 32.1. The highest BCUT2D eigenvalue weighted by Gasteiger charge is 2.23. The molecule has 2 aromatic heterocycles. The molecule has 112 valence electrons. The highest BCUT2D eigenvalue weighted by Crippen LogP contribution is 2.28. The molecule has 3 rings (SSSR count). The summed E-state index contributed by atoms with van der Waals surface area (Å²) in [4.78, 5) is 18.5. The SMILES string of the molecule is COC1CCN(c2nc3sccn3c2/C=C/C(=O)O)CC1. The second-order valence-corrected chi connectivity index (χ2v) is 5.84. The zero-order valence-electron chi connectivity index (χ0n) is 11.7. The number of hydrogen-bond donors (Lipinski definition) is 1. The van der Waals surface area contributed by atoms with Crippen molar-refractivity contribution in [2.75, 3.05) is 25.1 Å². The summed E-state index contributed by atoms with van der Waals surface area (Å²) in [6, 6.07) is 0. The zero-order chi connectivity index (χ0) is 14.8. The summed E-state index contributed by atoms with van der Waals surface area (Å²) in [5.74, 6) is -0.0990. The van der Waals surface area contributed by atoms with E-state index in [0.717, 1.165) is 48.5 Å². The van der Waals surface area contributed by atoms with Crippen molar-refractivity contribution in [1.82, 2.24) is 9.38 Å². The van der Waals surface area contributed by atoms with Crippen LogP contribution < -0.4 is 4.90 Å². The standard InChI is InChI=1S/C14H17N3O3S/c1-20-10-4-6-16(7-5-10)13-11(2-3-12(18)19)17-8-9-21-14(17)15-13/h2-3,8-10H,4-7H2,1H3,(H,18,19)/b3-2+. The Balaban J connectivity index is 1.92. The number of imidazole rings is 1. The summed E-state index contributed by atoms with van der Waals surface area (Å²) >= 11 is 1.54. The summed E-state index contributed by atoms with van der Waals surface area (Å²) in [6.07, 6.45) is 6.93. The van der Waals surface area contributed by atoms with Gasteiger partial charge in [-0.1, -0.05) is 0 Å². The number of hydrogen-bond acceptors (Lipinski definition) is 5. The molecule has 1 aliphatic rings. The van der Waals surface area contributed by atoms with Gasteiger partial charge in [-0.15, -0.1) is 11.3 Å². The molecule has 3 heterocycles. The predicted octanol–water partition coefficient (Wildman–Crippen LogP) is 2.11. The second-order valence-electron chi connectivity index (χ2n) is 4.97. The van der Waals surface area contributed by atoms with Crippen LogP contribution in [0, 0.1) is 0 Å². The molecule has 0 aliphatic carbocycles. The lowest BCUT2D eigenvalue weighted by Gasteiger charge is -2.31. The number of piperidine rings is 1. The first-order chi connectivity index (χ1) is 10.2. The van der Waals surface area contributed by atoms with Crippen LogP contribution in [-0.2, 0) is 9.53 Å². The van der Waals surface area contributed by atoms with Crippen molar-refractivity contribution >= 4 is 34.2 Å². The highest BCUT2D eigenvalue weighted by molar-refractivity contribution is 7.15. The number of fused-ring (bicyclic) bond motifs is 1. The van der Waals surface area contributed by atoms with Crippen LogP contribution in [0.1, 0.15) is 18.5 Å². The van der Waals surface area contributed by atoms with Gasteiger partial charge in [-0.2, -0.15) is 0 Å². The van der Waals surface area contributed by atoms with Gasteiger partial charge < -0.3 is 14.7 Å². The zero-order valence-corrected chi connectivity index (χ0v) is 12.5. The molecular weight excluding hydrogens is 290 g/mol. The maximum atomic E-state index is 10.8. The van der Waals surface area contributed by atoms with Crippen molar-refractivity contribution in [1.29, 1.82) is 0 Å². The first-order valence-corrected chi connectivity index (χ1v) is 7.71. The van der Waals surface area contributed by atoms with E-state index in [-0.39, 0.29) is 0 Å². The minimum Gasteiger partial charge on any atom is -0.478 e. The van der Waals surface area contributed by atoms with Crippen LogP contribution in [0.15, 0.2) is 17.7 Å². The van der Waals surface area contributed by atoms with Crippen molar-refractivity contribution < 1.29 is 14.6 Å². The van der Waals surface area contributed by atoms with E-state index in [9.17, 15) is 4.79 Å². The van der Waals surface area contributed by atoms with Gasteiger partial charge in [0.25, 0.3) is 0 Å². The maximum absolute atomic E-state index is 10.8. The lowest BCUT2D eigenvalue weighted by Crippen LogP contribution is -2.37. The fourth-order valence-corrected chi connectivity index (χ4v) is 3.35. The lowest BCUT2D eigenvalue weighted by atomic mass is 10.1.